The number of rotatable bonds is 8. The average molecular weight is 379 g/mol. The van der Waals surface area contributed by atoms with E-state index in [4.69, 9.17) is 4.74 Å². The number of ether oxygens (including phenoxy) is 1. The largest absolute Gasteiger partial charge is 0.416 e. The number of hydrogen-bond acceptors (Lipinski definition) is 2. The molecule has 0 fully saturated rings. The summed E-state index contributed by atoms with van der Waals surface area (Å²) in [6.07, 6.45) is -3.62. The Morgan fingerprint density at radius 3 is 2.22 bits per heavy atom. The molecule has 2 aromatic rings. The SMILES string of the molecule is CCC(C)N(Cc1ccc(C(F)(F)F)cc1)C(=O)COCc1ccccc1. The van der Waals surface area contributed by atoms with Crippen LogP contribution in [0.3, 0.4) is 0 Å². The highest BCUT2D eigenvalue weighted by atomic mass is 19.4. The molecule has 1 atom stereocenters. The summed E-state index contributed by atoms with van der Waals surface area (Å²) in [6, 6.07) is 14.4. The minimum atomic E-state index is -4.37. The van der Waals surface area contributed by atoms with Crippen molar-refractivity contribution in [3.05, 3.63) is 71.3 Å². The van der Waals surface area contributed by atoms with Crippen LogP contribution in [0.25, 0.3) is 0 Å². The highest BCUT2D eigenvalue weighted by Gasteiger charge is 2.30. The lowest BCUT2D eigenvalue weighted by Gasteiger charge is -2.29. The molecule has 0 saturated heterocycles. The van der Waals surface area contributed by atoms with Crippen molar-refractivity contribution in [1.29, 1.82) is 0 Å². The molecule has 0 aliphatic carbocycles. The molecule has 0 radical (unpaired) electrons. The van der Waals surface area contributed by atoms with E-state index in [1.807, 2.05) is 44.2 Å². The molecule has 1 amide bonds. The lowest BCUT2D eigenvalue weighted by atomic mass is 10.1. The second-order valence-corrected chi connectivity index (χ2v) is 6.45. The molecule has 1 unspecified atom stereocenters. The van der Waals surface area contributed by atoms with Gasteiger partial charge in [-0.15, -0.1) is 0 Å². The third-order valence-corrected chi connectivity index (χ3v) is 4.41. The van der Waals surface area contributed by atoms with Crippen LogP contribution in [0.15, 0.2) is 54.6 Å². The summed E-state index contributed by atoms with van der Waals surface area (Å²) in [4.78, 5) is 14.2. The summed E-state index contributed by atoms with van der Waals surface area (Å²) in [5, 5.41) is 0. The first-order valence-corrected chi connectivity index (χ1v) is 8.88. The number of carbonyl (C=O) groups is 1. The Hall–Kier alpha value is -2.34. The van der Waals surface area contributed by atoms with Gasteiger partial charge in [0.15, 0.2) is 0 Å². The number of benzene rings is 2. The van der Waals surface area contributed by atoms with Gasteiger partial charge >= 0.3 is 6.18 Å². The zero-order chi connectivity index (χ0) is 19.9. The fraction of sp³-hybridized carbons (Fsp3) is 0.381. The van der Waals surface area contributed by atoms with E-state index in [0.717, 1.165) is 24.1 Å². The monoisotopic (exact) mass is 379 g/mol. The molecule has 0 spiro atoms. The molecular formula is C21H24F3NO2. The van der Waals surface area contributed by atoms with Crippen LogP contribution < -0.4 is 0 Å². The van der Waals surface area contributed by atoms with Gasteiger partial charge in [0, 0.05) is 12.6 Å². The maximum atomic E-state index is 12.7. The minimum Gasteiger partial charge on any atom is -0.367 e. The third kappa shape index (κ3) is 6.40. The number of halogens is 3. The molecule has 0 saturated carbocycles. The second-order valence-electron chi connectivity index (χ2n) is 6.45. The van der Waals surface area contributed by atoms with Gasteiger partial charge in [0.1, 0.15) is 6.61 Å². The average Bonchev–Trinajstić information content (AvgIpc) is 2.66. The summed E-state index contributed by atoms with van der Waals surface area (Å²) < 4.78 is 43.6. The van der Waals surface area contributed by atoms with Crippen molar-refractivity contribution in [2.75, 3.05) is 6.61 Å². The Kier molecular flexibility index (Phi) is 7.42. The molecule has 27 heavy (non-hydrogen) atoms. The van der Waals surface area contributed by atoms with Crippen molar-refractivity contribution >= 4 is 5.91 Å². The van der Waals surface area contributed by atoms with Gasteiger partial charge in [-0.25, -0.2) is 0 Å². The van der Waals surface area contributed by atoms with Crippen LogP contribution in [0.4, 0.5) is 13.2 Å². The van der Waals surface area contributed by atoms with E-state index in [0.29, 0.717) is 12.2 Å². The minimum absolute atomic E-state index is 0.0416. The lowest BCUT2D eigenvalue weighted by Crippen LogP contribution is -2.40. The van der Waals surface area contributed by atoms with Crippen LogP contribution in [0.2, 0.25) is 0 Å². The molecule has 146 valence electrons. The normalized spacial score (nSPS) is 12.6. The van der Waals surface area contributed by atoms with Crippen molar-refractivity contribution in [2.24, 2.45) is 0 Å². The van der Waals surface area contributed by atoms with Crippen molar-refractivity contribution in [1.82, 2.24) is 4.90 Å². The van der Waals surface area contributed by atoms with Gasteiger partial charge < -0.3 is 9.64 Å². The zero-order valence-electron chi connectivity index (χ0n) is 15.5. The fourth-order valence-electron chi connectivity index (χ4n) is 2.62. The van der Waals surface area contributed by atoms with Crippen LogP contribution >= 0.6 is 0 Å². The van der Waals surface area contributed by atoms with Gasteiger partial charge in [-0.2, -0.15) is 13.2 Å². The quantitative estimate of drug-likeness (QED) is 0.642. The molecule has 0 heterocycles. The van der Waals surface area contributed by atoms with E-state index in [1.54, 1.807) is 4.90 Å². The first kappa shape index (κ1) is 21.0. The molecule has 0 bridgehead atoms. The van der Waals surface area contributed by atoms with E-state index in [-0.39, 0.29) is 25.1 Å². The number of hydrogen-bond donors (Lipinski definition) is 0. The smallest absolute Gasteiger partial charge is 0.367 e. The fourth-order valence-corrected chi connectivity index (χ4v) is 2.62. The van der Waals surface area contributed by atoms with Crippen LogP contribution in [0.1, 0.15) is 37.0 Å². The third-order valence-electron chi connectivity index (χ3n) is 4.41. The van der Waals surface area contributed by atoms with Crippen LogP contribution in [0, 0.1) is 0 Å². The molecule has 6 heteroatoms. The van der Waals surface area contributed by atoms with Crippen molar-refractivity contribution in [3.63, 3.8) is 0 Å². The number of nitrogens with zero attached hydrogens (tertiary/aromatic N) is 1. The van der Waals surface area contributed by atoms with Crippen LogP contribution in [-0.4, -0.2) is 23.5 Å². The van der Waals surface area contributed by atoms with E-state index < -0.39 is 11.7 Å². The van der Waals surface area contributed by atoms with E-state index in [2.05, 4.69) is 0 Å². The lowest BCUT2D eigenvalue weighted by molar-refractivity contribution is -0.140. The predicted octanol–water partition coefficient (Wildman–Crippen LogP) is 5.05. The first-order valence-electron chi connectivity index (χ1n) is 8.88. The summed E-state index contributed by atoms with van der Waals surface area (Å²) in [6.45, 7) is 4.39. The number of alkyl halides is 3. The standard InChI is InChI=1S/C21H24F3NO2/c1-3-16(2)25(13-17-9-11-19(12-10-17)21(22,23)24)20(26)15-27-14-18-7-5-4-6-8-18/h4-12,16H,3,13-15H2,1-2H3. The Balaban J connectivity index is 1.98. The summed E-state index contributed by atoms with van der Waals surface area (Å²) in [5.74, 6) is -0.180. The maximum absolute atomic E-state index is 12.7. The molecule has 0 N–H and O–H groups in total. The van der Waals surface area contributed by atoms with Gasteiger partial charge in [0.25, 0.3) is 0 Å². The summed E-state index contributed by atoms with van der Waals surface area (Å²) >= 11 is 0. The summed E-state index contributed by atoms with van der Waals surface area (Å²) in [7, 11) is 0. The summed E-state index contributed by atoms with van der Waals surface area (Å²) in [5.41, 5.74) is 0.932. The van der Waals surface area contributed by atoms with Crippen LogP contribution in [-0.2, 0) is 28.9 Å². The Morgan fingerprint density at radius 1 is 1.04 bits per heavy atom. The van der Waals surface area contributed by atoms with E-state index in [9.17, 15) is 18.0 Å². The van der Waals surface area contributed by atoms with Gasteiger partial charge in [-0.1, -0.05) is 49.4 Å². The predicted molar refractivity (Wildman–Crippen MR) is 97.8 cm³/mol. The van der Waals surface area contributed by atoms with E-state index >= 15 is 0 Å². The highest BCUT2D eigenvalue weighted by molar-refractivity contribution is 5.77. The molecule has 0 aromatic heterocycles. The van der Waals surface area contributed by atoms with Gasteiger partial charge in [0.05, 0.1) is 12.2 Å². The Labute approximate surface area is 157 Å². The first-order chi connectivity index (χ1) is 12.8. The maximum Gasteiger partial charge on any atom is 0.416 e. The second kappa shape index (κ2) is 9.55. The molecule has 3 nitrogen and oxygen atoms in total. The molecule has 2 rings (SSSR count). The van der Waals surface area contributed by atoms with Gasteiger partial charge in [-0.3, -0.25) is 4.79 Å². The number of carbonyl (C=O) groups excluding carboxylic acids is 1. The van der Waals surface area contributed by atoms with Crippen molar-refractivity contribution in [2.45, 2.75) is 45.6 Å². The zero-order valence-corrected chi connectivity index (χ0v) is 15.5. The van der Waals surface area contributed by atoms with Crippen LogP contribution in [0.5, 0.6) is 0 Å². The van der Waals surface area contributed by atoms with Gasteiger partial charge in [0.2, 0.25) is 5.91 Å². The van der Waals surface area contributed by atoms with E-state index in [1.165, 1.54) is 12.1 Å². The topological polar surface area (TPSA) is 29.5 Å². The van der Waals surface area contributed by atoms with Crippen molar-refractivity contribution < 1.29 is 22.7 Å². The van der Waals surface area contributed by atoms with Gasteiger partial charge in [-0.05, 0) is 36.6 Å². The molecule has 0 aliphatic rings. The Bertz CT molecular complexity index is 714. The molecular weight excluding hydrogens is 355 g/mol. The van der Waals surface area contributed by atoms with Crippen molar-refractivity contribution in [3.8, 4) is 0 Å². The molecule has 0 aliphatic heterocycles. The Morgan fingerprint density at radius 2 is 1.67 bits per heavy atom. The molecule has 2 aromatic carbocycles. The highest BCUT2D eigenvalue weighted by Crippen LogP contribution is 2.29. The number of amides is 1.